The summed E-state index contributed by atoms with van der Waals surface area (Å²) in [5.41, 5.74) is 0.776. The molecule has 0 bridgehead atoms. The highest BCUT2D eigenvalue weighted by Gasteiger charge is 2.19. The van der Waals surface area contributed by atoms with Crippen LogP contribution in [0, 0.1) is 11.3 Å². The van der Waals surface area contributed by atoms with Gasteiger partial charge in [-0.2, -0.15) is 13.7 Å². The fourth-order valence-electron chi connectivity index (χ4n) is 2.53. The fraction of sp³-hybridized carbons (Fsp3) is 0. The second kappa shape index (κ2) is 7.28. The smallest absolute Gasteiger partial charge is 0.295 e. The molecule has 134 valence electrons. The summed E-state index contributed by atoms with van der Waals surface area (Å²) in [5, 5.41) is 24.8. The fourth-order valence-corrected chi connectivity index (χ4v) is 3.24. The summed E-state index contributed by atoms with van der Waals surface area (Å²) in [6.07, 6.45) is 0. The molecule has 3 rings (SSSR count). The zero-order valence-electron chi connectivity index (χ0n) is 13.7. The summed E-state index contributed by atoms with van der Waals surface area (Å²) < 4.78 is 33.2. The van der Waals surface area contributed by atoms with Crippen molar-refractivity contribution in [2.45, 2.75) is 4.90 Å². The monoisotopic (exact) mass is 380 g/mol. The molecule has 0 aliphatic rings. The number of hydrogen-bond acceptors (Lipinski definition) is 7. The molecule has 0 aliphatic heterocycles. The van der Waals surface area contributed by atoms with Gasteiger partial charge in [0.15, 0.2) is 0 Å². The van der Waals surface area contributed by atoms with Crippen LogP contribution in [-0.4, -0.2) is 13.0 Å². The average Bonchev–Trinajstić information content (AvgIpc) is 2.66. The molecule has 10 heteroatoms. The van der Waals surface area contributed by atoms with Gasteiger partial charge in [0.25, 0.3) is 10.1 Å². The maximum Gasteiger partial charge on any atom is 0.295 e. The lowest BCUT2D eigenvalue weighted by atomic mass is 10.1. The van der Waals surface area contributed by atoms with Gasteiger partial charge in [0, 0.05) is 10.8 Å². The van der Waals surface area contributed by atoms with E-state index in [-0.39, 0.29) is 27.3 Å². The topological polar surface area (TPSA) is 154 Å². The lowest BCUT2D eigenvalue weighted by molar-refractivity contribution is 0.484. The molecule has 3 aromatic rings. The lowest BCUT2D eigenvalue weighted by Gasteiger charge is -2.08. The highest BCUT2D eigenvalue weighted by molar-refractivity contribution is 7.86. The molecule has 0 saturated heterocycles. The molecule has 0 aromatic heterocycles. The second-order valence-electron chi connectivity index (χ2n) is 5.31. The van der Waals surface area contributed by atoms with Gasteiger partial charge in [-0.25, -0.2) is 0 Å². The molecule has 0 atom stereocenters. The van der Waals surface area contributed by atoms with E-state index in [2.05, 4.69) is 20.6 Å². The Morgan fingerprint density at radius 1 is 0.926 bits per heavy atom. The minimum absolute atomic E-state index is 0.0169. The maximum atomic E-state index is 11.8. The van der Waals surface area contributed by atoms with E-state index in [0.717, 1.165) is 6.07 Å². The van der Waals surface area contributed by atoms with Crippen LogP contribution in [-0.2, 0) is 10.1 Å². The van der Waals surface area contributed by atoms with Crippen LogP contribution in [0.1, 0.15) is 5.56 Å². The minimum Gasteiger partial charge on any atom is -0.305 e. The van der Waals surface area contributed by atoms with E-state index in [0.29, 0.717) is 10.9 Å². The molecular formula is C17H12N6O3S. The second-order valence-corrected chi connectivity index (χ2v) is 6.70. The summed E-state index contributed by atoms with van der Waals surface area (Å²) in [6, 6.07) is 16.0. The van der Waals surface area contributed by atoms with Crippen LogP contribution in [0.15, 0.2) is 80.1 Å². The number of fused-ring (bicyclic) bond motifs is 1. The number of azo groups is 1. The minimum atomic E-state index is -4.54. The lowest BCUT2D eigenvalue weighted by Crippen LogP contribution is -1.99. The third-order valence-corrected chi connectivity index (χ3v) is 4.58. The highest BCUT2D eigenvalue weighted by Crippen LogP contribution is 2.40. The van der Waals surface area contributed by atoms with Crippen LogP contribution >= 0.6 is 0 Å². The van der Waals surface area contributed by atoms with E-state index in [1.807, 2.05) is 6.07 Å². The molecule has 0 fully saturated rings. The molecule has 27 heavy (non-hydrogen) atoms. The Morgan fingerprint density at radius 3 is 2.22 bits per heavy atom. The summed E-state index contributed by atoms with van der Waals surface area (Å²) in [4.78, 5) is -0.350. The summed E-state index contributed by atoms with van der Waals surface area (Å²) in [5.74, 6) is 5.17. The predicted molar refractivity (Wildman–Crippen MR) is 97.8 cm³/mol. The number of benzene rings is 3. The number of hydrogen-bond donors (Lipinski definition) is 2. The van der Waals surface area contributed by atoms with Crippen LogP contribution in [0.2, 0.25) is 0 Å². The molecule has 0 amide bonds. The van der Waals surface area contributed by atoms with Crippen molar-refractivity contribution in [1.29, 1.82) is 5.26 Å². The van der Waals surface area contributed by atoms with Gasteiger partial charge >= 0.3 is 0 Å². The van der Waals surface area contributed by atoms with Crippen LogP contribution in [0.4, 0.5) is 17.1 Å². The zero-order valence-corrected chi connectivity index (χ0v) is 14.5. The van der Waals surface area contributed by atoms with Crippen molar-refractivity contribution in [3.63, 3.8) is 0 Å². The standard InChI is InChI=1S/C17H12N6O3S/c18-10-11-5-1-4-8-14(11)20-21-15-9-16(27(24,25)26)12-6-2-3-7-13(12)17(15)22-23-19/h1-9H,(H2,19,22)(H,24,25,26). The zero-order chi connectivity index (χ0) is 19.4. The number of nitrogens with two attached hydrogens (primary N) is 1. The van der Waals surface area contributed by atoms with E-state index >= 15 is 0 Å². The molecule has 0 radical (unpaired) electrons. The van der Waals surface area contributed by atoms with Crippen LogP contribution in [0.3, 0.4) is 0 Å². The van der Waals surface area contributed by atoms with E-state index in [9.17, 15) is 13.0 Å². The van der Waals surface area contributed by atoms with Crippen molar-refractivity contribution < 1.29 is 13.0 Å². The third kappa shape index (κ3) is 3.64. The molecule has 0 unspecified atom stereocenters. The van der Waals surface area contributed by atoms with Gasteiger partial charge < -0.3 is 5.84 Å². The van der Waals surface area contributed by atoms with E-state index in [1.54, 1.807) is 42.5 Å². The first-order chi connectivity index (χ1) is 13.0. The third-order valence-electron chi connectivity index (χ3n) is 3.68. The van der Waals surface area contributed by atoms with Crippen molar-refractivity contribution in [2.75, 3.05) is 0 Å². The summed E-state index contributed by atoms with van der Waals surface area (Å²) >= 11 is 0. The molecule has 3 aromatic carbocycles. The Kier molecular flexibility index (Phi) is 4.89. The normalized spacial score (nSPS) is 12.0. The SMILES string of the molecule is N#Cc1ccccc1N=Nc1cc(S(=O)(=O)O)c2ccccc2c1N=NN. The number of nitriles is 1. The Hall–Kier alpha value is -3.68. The Bertz CT molecular complexity index is 1230. The van der Waals surface area contributed by atoms with Crippen molar-refractivity contribution in [2.24, 2.45) is 26.4 Å². The molecule has 0 saturated carbocycles. The van der Waals surface area contributed by atoms with E-state index < -0.39 is 10.1 Å². The quantitative estimate of drug-likeness (QED) is 0.298. The predicted octanol–water partition coefficient (Wildman–Crippen LogP) is 4.33. The van der Waals surface area contributed by atoms with E-state index in [1.165, 1.54) is 6.07 Å². The van der Waals surface area contributed by atoms with Gasteiger partial charge in [-0.05, 0) is 18.2 Å². The van der Waals surface area contributed by atoms with Crippen LogP contribution in [0.25, 0.3) is 10.8 Å². The number of nitrogens with zero attached hydrogens (tertiary/aromatic N) is 5. The van der Waals surface area contributed by atoms with Crippen molar-refractivity contribution in [3.8, 4) is 6.07 Å². The van der Waals surface area contributed by atoms with Crippen molar-refractivity contribution >= 4 is 38.0 Å². The Labute approximate surface area is 154 Å². The van der Waals surface area contributed by atoms with Crippen molar-refractivity contribution in [1.82, 2.24) is 0 Å². The first-order valence-electron chi connectivity index (χ1n) is 7.50. The van der Waals surface area contributed by atoms with Crippen molar-refractivity contribution in [3.05, 3.63) is 60.2 Å². The Morgan fingerprint density at radius 2 is 1.56 bits per heavy atom. The van der Waals surface area contributed by atoms with E-state index in [4.69, 9.17) is 11.1 Å². The van der Waals surface area contributed by atoms with Gasteiger partial charge in [0.05, 0.1) is 5.56 Å². The van der Waals surface area contributed by atoms with Gasteiger partial charge in [-0.3, -0.25) is 4.55 Å². The molecule has 0 spiro atoms. The molecule has 0 heterocycles. The molecular weight excluding hydrogens is 368 g/mol. The summed E-state index contributed by atoms with van der Waals surface area (Å²) in [7, 11) is -4.54. The number of rotatable bonds is 4. The van der Waals surface area contributed by atoms with Gasteiger partial charge in [-0.15, -0.1) is 15.3 Å². The van der Waals surface area contributed by atoms with Crippen LogP contribution in [0.5, 0.6) is 0 Å². The highest BCUT2D eigenvalue weighted by atomic mass is 32.2. The summed E-state index contributed by atoms with van der Waals surface area (Å²) in [6.45, 7) is 0. The molecule has 3 N–H and O–H groups in total. The van der Waals surface area contributed by atoms with Gasteiger partial charge in [0.1, 0.15) is 28.0 Å². The first-order valence-corrected chi connectivity index (χ1v) is 8.94. The largest absolute Gasteiger partial charge is 0.305 e. The maximum absolute atomic E-state index is 11.8. The Balaban J connectivity index is 2.30. The first kappa shape index (κ1) is 18.1. The molecule has 0 aliphatic carbocycles. The average molecular weight is 380 g/mol. The van der Waals surface area contributed by atoms with Gasteiger partial charge in [-0.1, -0.05) is 41.6 Å². The molecule has 9 nitrogen and oxygen atoms in total. The van der Waals surface area contributed by atoms with Crippen LogP contribution < -0.4 is 5.84 Å². The van der Waals surface area contributed by atoms with Gasteiger partial charge in [0.2, 0.25) is 0 Å².